The first kappa shape index (κ1) is 12.6. The zero-order chi connectivity index (χ0) is 13.7. The van der Waals surface area contributed by atoms with Crippen LogP contribution in [-0.2, 0) is 6.18 Å². The third-order valence-corrected chi connectivity index (χ3v) is 2.85. The first-order chi connectivity index (χ1) is 8.23. The first-order valence-corrected chi connectivity index (χ1v) is 5.15. The molecule has 0 saturated heterocycles. The van der Waals surface area contributed by atoms with E-state index in [0.29, 0.717) is 0 Å². The summed E-state index contributed by atoms with van der Waals surface area (Å²) in [5, 5.41) is 0.198. The van der Waals surface area contributed by atoms with E-state index >= 15 is 0 Å². The lowest BCUT2D eigenvalue weighted by Gasteiger charge is -2.14. The summed E-state index contributed by atoms with van der Waals surface area (Å²) in [4.78, 5) is 3.39. The molecule has 6 heteroatoms. The summed E-state index contributed by atoms with van der Waals surface area (Å²) in [6.45, 7) is 2.68. The monoisotopic (exact) mass is 258 g/mol. The Bertz CT molecular complexity index is 632. The molecule has 0 saturated carbocycles. The molecular formula is C12H10F4N2. The fourth-order valence-corrected chi connectivity index (χ4v) is 1.79. The summed E-state index contributed by atoms with van der Waals surface area (Å²) < 4.78 is 52.0. The van der Waals surface area contributed by atoms with Crippen LogP contribution in [0.3, 0.4) is 0 Å². The second-order valence-corrected chi connectivity index (χ2v) is 4.09. The quantitative estimate of drug-likeness (QED) is 0.733. The third-order valence-electron chi connectivity index (χ3n) is 2.85. The van der Waals surface area contributed by atoms with E-state index in [0.717, 1.165) is 0 Å². The van der Waals surface area contributed by atoms with Crippen molar-refractivity contribution in [2.24, 2.45) is 0 Å². The minimum absolute atomic E-state index is 0.0915. The van der Waals surface area contributed by atoms with Crippen molar-refractivity contribution in [3.63, 3.8) is 0 Å². The number of benzene rings is 1. The number of nitrogens with two attached hydrogens (primary N) is 1. The van der Waals surface area contributed by atoms with Gasteiger partial charge in [0.2, 0.25) is 0 Å². The fourth-order valence-electron chi connectivity index (χ4n) is 1.79. The van der Waals surface area contributed by atoms with Crippen molar-refractivity contribution in [3.05, 3.63) is 34.8 Å². The second kappa shape index (κ2) is 3.83. The minimum atomic E-state index is -4.65. The number of fused-ring (bicyclic) bond motifs is 1. The molecule has 1 aromatic carbocycles. The highest BCUT2D eigenvalue weighted by Gasteiger charge is 2.36. The average Bonchev–Trinajstić information content (AvgIpc) is 2.26. The Morgan fingerprint density at radius 1 is 1.17 bits per heavy atom. The molecule has 0 unspecified atom stereocenters. The van der Waals surface area contributed by atoms with Gasteiger partial charge in [0.1, 0.15) is 11.2 Å². The summed E-state index contributed by atoms with van der Waals surface area (Å²) in [6, 6.07) is 2.94. The molecule has 0 atom stereocenters. The van der Waals surface area contributed by atoms with Crippen molar-refractivity contribution in [3.8, 4) is 0 Å². The molecule has 0 aliphatic rings. The predicted molar refractivity (Wildman–Crippen MR) is 60.6 cm³/mol. The number of pyridine rings is 1. The number of aryl methyl sites for hydroxylation is 1. The van der Waals surface area contributed by atoms with Gasteiger partial charge in [-0.1, -0.05) is 12.1 Å². The molecule has 1 heterocycles. The Morgan fingerprint density at radius 2 is 1.78 bits per heavy atom. The van der Waals surface area contributed by atoms with Crippen LogP contribution in [0.1, 0.15) is 16.8 Å². The lowest BCUT2D eigenvalue weighted by molar-refractivity contribution is -0.141. The van der Waals surface area contributed by atoms with E-state index in [4.69, 9.17) is 5.73 Å². The van der Waals surface area contributed by atoms with E-state index in [-0.39, 0.29) is 27.7 Å². The molecule has 1 aromatic heterocycles. The van der Waals surface area contributed by atoms with E-state index in [2.05, 4.69) is 4.98 Å². The molecule has 18 heavy (non-hydrogen) atoms. The fraction of sp³-hybridized carbons (Fsp3) is 0.250. The Labute approximate surface area is 100 Å². The molecule has 2 N–H and O–H groups in total. The van der Waals surface area contributed by atoms with Crippen molar-refractivity contribution >= 4 is 16.6 Å². The second-order valence-electron chi connectivity index (χ2n) is 4.09. The van der Waals surface area contributed by atoms with Crippen molar-refractivity contribution in [1.29, 1.82) is 0 Å². The number of nitrogens with zero attached hydrogens (tertiary/aromatic N) is 1. The van der Waals surface area contributed by atoms with Crippen LogP contribution >= 0.6 is 0 Å². The highest BCUT2D eigenvalue weighted by atomic mass is 19.4. The molecule has 0 radical (unpaired) electrons. The van der Waals surface area contributed by atoms with E-state index in [1.165, 1.54) is 26.0 Å². The van der Waals surface area contributed by atoms with Gasteiger partial charge >= 0.3 is 6.18 Å². The smallest absolute Gasteiger partial charge is 0.398 e. The number of rotatable bonds is 0. The van der Waals surface area contributed by atoms with Gasteiger partial charge in [-0.05, 0) is 19.4 Å². The van der Waals surface area contributed by atoms with E-state index in [1.54, 1.807) is 0 Å². The highest BCUT2D eigenvalue weighted by Crippen LogP contribution is 2.36. The van der Waals surface area contributed by atoms with Gasteiger partial charge in [0.05, 0.1) is 0 Å². The number of aromatic nitrogens is 1. The number of halogens is 4. The Hall–Kier alpha value is -1.85. The first-order valence-electron chi connectivity index (χ1n) is 5.15. The number of nitrogen functional groups attached to an aromatic ring is 1. The van der Waals surface area contributed by atoms with Crippen LogP contribution in [0.2, 0.25) is 0 Å². The van der Waals surface area contributed by atoms with Crippen LogP contribution < -0.4 is 5.73 Å². The molecule has 0 aliphatic carbocycles. The van der Waals surface area contributed by atoms with Gasteiger partial charge < -0.3 is 5.73 Å². The molecule has 0 bridgehead atoms. The zero-order valence-electron chi connectivity index (χ0n) is 9.69. The Kier molecular flexibility index (Phi) is 2.68. The topological polar surface area (TPSA) is 38.9 Å². The van der Waals surface area contributed by atoms with Crippen molar-refractivity contribution < 1.29 is 17.6 Å². The van der Waals surface area contributed by atoms with Crippen LogP contribution in [-0.4, -0.2) is 4.98 Å². The maximum atomic E-state index is 13.8. The molecule has 0 spiro atoms. The lowest BCUT2D eigenvalue weighted by Crippen LogP contribution is -2.13. The summed E-state index contributed by atoms with van der Waals surface area (Å²) in [5.74, 6) is -0.773. The largest absolute Gasteiger partial charge is 0.433 e. The van der Waals surface area contributed by atoms with Crippen LogP contribution in [0.15, 0.2) is 12.1 Å². The number of anilines is 1. The van der Waals surface area contributed by atoms with Crippen LogP contribution in [0.5, 0.6) is 0 Å². The normalized spacial score (nSPS) is 12.1. The molecule has 0 aliphatic heterocycles. The van der Waals surface area contributed by atoms with Crippen molar-refractivity contribution in [2.75, 3.05) is 5.73 Å². The number of hydrogen-bond acceptors (Lipinski definition) is 2. The number of alkyl halides is 3. The summed E-state index contributed by atoms with van der Waals surface area (Å²) in [6.07, 6.45) is -4.65. The van der Waals surface area contributed by atoms with Gasteiger partial charge in [0.15, 0.2) is 5.82 Å². The molecular weight excluding hydrogens is 248 g/mol. The van der Waals surface area contributed by atoms with Gasteiger partial charge in [-0.2, -0.15) is 13.2 Å². The van der Waals surface area contributed by atoms with Gasteiger partial charge in [-0.15, -0.1) is 0 Å². The number of hydrogen-bond donors (Lipinski definition) is 1. The van der Waals surface area contributed by atoms with Gasteiger partial charge in [-0.3, -0.25) is 0 Å². The van der Waals surface area contributed by atoms with Crippen molar-refractivity contribution in [1.82, 2.24) is 4.98 Å². The SMILES string of the molecule is Cc1ccc2c(N)c(C)c(C(F)(F)F)nc2c1F. The molecule has 96 valence electrons. The van der Waals surface area contributed by atoms with Crippen LogP contribution in [0, 0.1) is 19.7 Å². The average molecular weight is 258 g/mol. The van der Waals surface area contributed by atoms with E-state index < -0.39 is 17.7 Å². The van der Waals surface area contributed by atoms with Crippen LogP contribution in [0.4, 0.5) is 23.2 Å². The molecule has 2 nitrogen and oxygen atoms in total. The standard InChI is InChI=1S/C12H10F4N2/c1-5-3-4-7-9(17)6(2)11(12(14,15)16)18-10(7)8(5)13/h3-4H,1-2H3,(H2,17,18). The maximum Gasteiger partial charge on any atom is 0.433 e. The summed E-state index contributed by atoms with van der Waals surface area (Å²) in [5.41, 5.74) is 4.10. The zero-order valence-corrected chi connectivity index (χ0v) is 9.69. The summed E-state index contributed by atoms with van der Waals surface area (Å²) in [7, 11) is 0. The molecule has 0 fully saturated rings. The van der Waals surface area contributed by atoms with Crippen molar-refractivity contribution in [2.45, 2.75) is 20.0 Å². The predicted octanol–water partition coefficient (Wildman–Crippen LogP) is 3.59. The summed E-state index contributed by atoms with van der Waals surface area (Å²) >= 11 is 0. The van der Waals surface area contributed by atoms with Gasteiger partial charge in [0, 0.05) is 16.6 Å². The van der Waals surface area contributed by atoms with Gasteiger partial charge in [-0.25, -0.2) is 9.37 Å². The minimum Gasteiger partial charge on any atom is -0.398 e. The lowest BCUT2D eigenvalue weighted by atomic mass is 10.0. The van der Waals surface area contributed by atoms with Gasteiger partial charge in [0.25, 0.3) is 0 Å². The Morgan fingerprint density at radius 3 is 2.33 bits per heavy atom. The third kappa shape index (κ3) is 1.77. The highest BCUT2D eigenvalue weighted by molar-refractivity contribution is 5.93. The molecule has 2 aromatic rings. The maximum absolute atomic E-state index is 13.8. The van der Waals surface area contributed by atoms with E-state index in [1.807, 2.05) is 0 Å². The molecule has 2 rings (SSSR count). The van der Waals surface area contributed by atoms with Crippen LogP contribution in [0.25, 0.3) is 10.9 Å². The Balaban J connectivity index is 2.94. The molecule has 0 amide bonds. The van der Waals surface area contributed by atoms with E-state index in [9.17, 15) is 17.6 Å².